The van der Waals surface area contributed by atoms with Crippen molar-refractivity contribution in [3.05, 3.63) is 0 Å². The normalized spacial score (nSPS) is 14.8. The molecule has 0 saturated carbocycles. The van der Waals surface area contributed by atoms with Crippen LogP contribution >= 0.6 is 0 Å². The van der Waals surface area contributed by atoms with Crippen LogP contribution in [0.15, 0.2) is 0 Å². The topological polar surface area (TPSA) is 38.7 Å². The Balaban J connectivity index is 4.40. The van der Waals surface area contributed by atoms with Gasteiger partial charge in [0, 0.05) is 0 Å². The number of alkyl halides is 9. The summed E-state index contributed by atoms with van der Waals surface area (Å²) in [5.41, 5.74) is 0. The van der Waals surface area contributed by atoms with E-state index >= 15 is 0 Å². The minimum absolute atomic E-state index is 1.98. The fraction of sp³-hybridized carbons (Fsp3) is 1.00. The molecule has 0 rings (SSSR count). The van der Waals surface area contributed by atoms with E-state index in [0.717, 1.165) is 0 Å². The summed E-state index contributed by atoms with van der Waals surface area (Å²) in [4.78, 5) is 0. The molecule has 0 radical (unpaired) electrons. The Morgan fingerprint density at radius 1 is 0.684 bits per heavy atom. The second kappa shape index (κ2) is 5.71. The van der Waals surface area contributed by atoms with Gasteiger partial charge >= 0.3 is 24.3 Å². The fourth-order valence-electron chi connectivity index (χ4n) is 0.555. The van der Waals surface area contributed by atoms with E-state index in [9.17, 15) is 39.5 Å². The molecule has 0 bridgehead atoms. The molecule has 0 aliphatic carbocycles. The van der Waals surface area contributed by atoms with Gasteiger partial charge < -0.3 is 14.6 Å². The average molecular weight is 310 g/mol. The second-order valence-corrected chi connectivity index (χ2v) is 3.21. The first-order chi connectivity index (χ1) is 8.22. The van der Waals surface area contributed by atoms with E-state index in [1.807, 2.05) is 0 Å². The third kappa shape index (κ3) is 6.29. The van der Waals surface area contributed by atoms with E-state index < -0.39 is 44.1 Å². The molecule has 0 aromatic rings. The number of ether oxygens (including phenoxy) is 2. The van der Waals surface area contributed by atoms with E-state index in [0.29, 0.717) is 0 Å². The zero-order chi connectivity index (χ0) is 15.5. The van der Waals surface area contributed by atoms with Crippen molar-refractivity contribution < 1.29 is 54.1 Å². The van der Waals surface area contributed by atoms with Crippen LogP contribution in [0.3, 0.4) is 0 Å². The summed E-state index contributed by atoms with van der Waals surface area (Å²) in [6, 6.07) is 0. The summed E-state index contributed by atoms with van der Waals surface area (Å²) < 4.78 is 115. The first kappa shape index (κ1) is 18.2. The number of halogens is 9. The van der Waals surface area contributed by atoms with E-state index in [-0.39, 0.29) is 0 Å². The van der Waals surface area contributed by atoms with E-state index in [4.69, 9.17) is 5.11 Å². The monoisotopic (exact) mass is 310 g/mol. The number of rotatable bonds is 7. The van der Waals surface area contributed by atoms with Gasteiger partial charge in [-0.25, -0.2) is 0 Å². The summed E-state index contributed by atoms with van der Waals surface area (Å²) in [7, 11) is 0. The maximum atomic E-state index is 12.5. The summed E-state index contributed by atoms with van der Waals surface area (Å²) >= 11 is 0. The van der Waals surface area contributed by atoms with Crippen molar-refractivity contribution in [2.45, 2.75) is 24.3 Å². The van der Waals surface area contributed by atoms with Gasteiger partial charge in [0.25, 0.3) is 0 Å². The van der Waals surface area contributed by atoms with E-state index in [1.54, 1.807) is 0 Å². The highest BCUT2D eigenvalue weighted by Gasteiger charge is 2.59. The molecule has 19 heavy (non-hydrogen) atoms. The lowest BCUT2D eigenvalue weighted by Crippen LogP contribution is -2.44. The largest absolute Gasteiger partial charge is 0.455 e. The van der Waals surface area contributed by atoms with Crippen LogP contribution < -0.4 is 0 Å². The number of aliphatic hydroxyl groups is 1. The molecule has 0 aliphatic rings. The standard InChI is InChI=1S/C7H7F9O3/c8-4(9,7(14,15)16)2-18-6(12,13)3-19-5(10,11)1-17/h17H,1-3H2. The molecule has 0 saturated heterocycles. The van der Waals surface area contributed by atoms with Crippen LogP contribution in [-0.2, 0) is 9.47 Å². The summed E-state index contributed by atoms with van der Waals surface area (Å²) in [5.74, 6) is -5.57. The molecule has 0 heterocycles. The lowest BCUT2D eigenvalue weighted by molar-refractivity contribution is -0.360. The molecule has 0 fully saturated rings. The first-order valence-electron chi connectivity index (χ1n) is 4.31. The Morgan fingerprint density at radius 3 is 1.47 bits per heavy atom. The molecule has 116 valence electrons. The van der Waals surface area contributed by atoms with Gasteiger partial charge in [0.1, 0.15) is 19.8 Å². The minimum Gasteiger partial charge on any atom is -0.387 e. The molecule has 0 spiro atoms. The van der Waals surface area contributed by atoms with Gasteiger partial charge in [0.05, 0.1) is 0 Å². The summed E-state index contributed by atoms with van der Waals surface area (Å²) in [5, 5.41) is 7.93. The van der Waals surface area contributed by atoms with Gasteiger partial charge in [-0.15, -0.1) is 0 Å². The van der Waals surface area contributed by atoms with Crippen molar-refractivity contribution in [2.24, 2.45) is 0 Å². The van der Waals surface area contributed by atoms with E-state index in [2.05, 4.69) is 9.47 Å². The molecule has 1 N–H and O–H groups in total. The first-order valence-corrected chi connectivity index (χ1v) is 4.31. The zero-order valence-electron chi connectivity index (χ0n) is 8.79. The molecule has 0 amide bonds. The van der Waals surface area contributed by atoms with Crippen molar-refractivity contribution in [3.8, 4) is 0 Å². The number of hydrogen-bond donors (Lipinski definition) is 1. The van der Waals surface area contributed by atoms with Gasteiger partial charge in [-0.05, 0) is 0 Å². The Hall–Kier alpha value is -0.750. The highest BCUT2D eigenvalue weighted by molar-refractivity contribution is 4.75. The molecule has 0 aromatic carbocycles. The molecule has 0 unspecified atom stereocenters. The predicted octanol–water partition coefficient (Wildman–Crippen LogP) is 2.40. The van der Waals surface area contributed by atoms with Crippen molar-refractivity contribution in [1.29, 1.82) is 0 Å². The predicted molar refractivity (Wildman–Crippen MR) is 39.9 cm³/mol. The molecule has 0 atom stereocenters. The van der Waals surface area contributed by atoms with Crippen LogP contribution in [0.25, 0.3) is 0 Å². The maximum absolute atomic E-state index is 12.5. The molecule has 0 aliphatic heterocycles. The van der Waals surface area contributed by atoms with Gasteiger partial charge in [0.15, 0.2) is 0 Å². The fourth-order valence-corrected chi connectivity index (χ4v) is 0.555. The van der Waals surface area contributed by atoms with Crippen LogP contribution in [0.1, 0.15) is 0 Å². The van der Waals surface area contributed by atoms with Crippen LogP contribution in [-0.4, -0.2) is 49.2 Å². The zero-order valence-corrected chi connectivity index (χ0v) is 8.79. The average Bonchev–Trinajstić information content (AvgIpc) is 2.23. The lowest BCUT2D eigenvalue weighted by Gasteiger charge is -2.24. The lowest BCUT2D eigenvalue weighted by atomic mass is 10.3. The third-order valence-corrected chi connectivity index (χ3v) is 1.51. The minimum atomic E-state index is -6.13. The highest BCUT2D eigenvalue weighted by atomic mass is 19.4. The van der Waals surface area contributed by atoms with Crippen LogP contribution in [0.5, 0.6) is 0 Å². The Labute approximate surface area is 99.4 Å². The van der Waals surface area contributed by atoms with Crippen LogP contribution in [0.4, 0.5) is 39.5 Å². The molecule has 12 heteroatoms. The van der Waals surface area contributed by atoms with Crippen molar-refractivity contribution >= 4 is 0 Å². The van der Waals surface area contributed by atoms with Crippen molar-refractivity contribution in [1.82, 2.24) is 0 Å². The van der Waals surface area contributed by atoms with Gasteiger partial charge in [-0.3, -0.25) is 0 Å². The molecule has 3 nitrogen and oxygen atoms in total. The molecular weight excluding hydrogens is 303 g/mol. The van der Waals surface area contributed by atoms with Gasteiger partial charge in [-0.2, -0.15) is 39.5 Å². The van der Waals surface area contributed by atoms with Crippen molar-refractivity contribution in [3.63, 3.8) is 0 Å². The number of aliphatic hydroxyl groups excluding tert-OH is 1. The number of hydrogen-bond acceptors (Lipinski definition) is 3. The maximum Gasteiger partial charge on any atom is 0.455 e. The third-order valence-electron chi connectivity index (χ3n) is 1.51. The Bertz CT molecular complexity index is 288. The quantitative estimate of drug-likeness (QED) is 0.734. The van der Waals surface area contributed by atoms with Gasteiger partial charge in [0.2, 0.25) is 0 Å². The van der Waals surface area contributed by atoms with Crippen LogP contribution in [0, 0.1) is 0 Å². The highest BCUT2D eigenvalue weighted by Crippen LogP contribution is 2.36. The summed E-state index contributed by atoms with van der Waals surface area (Å²) in [6.07, 6.45) is -15.3. The van der Waals surface area contributed by atoms with E-state index in [1.165, 1.54) is 0 Å². The SMILES string of the molecule is OCC(F)(F)OCC(F)(F)OCC(F)(F)C(F)(F)F. The Morgan fingerprint density at radius 2 is 1.11 bits per heavy atom. The summed E-state index contributed by atoms with van der Waals surface area (Å²) in [6.45, 7) is -7.06. The second-order valence-electron chi connectivity index (χ2n) is 3.21. The Kier molecular flexibility index (Phi) is 5.48. The van der Waals surface area contributed by atoms with Crippen molar-refractivity contribution in [2.75, 3.05) is 19.8 Å². The smallest absolute Gasteiger partial charge is 0.387 e. The van der Waals surface area contributed by atoms with Crippen LogP contribution in [0.2, 0.25) is 0 Å². The molecular formula is C7H7F9O3. The van der Waals surface area contributed by atoms with Gasteiger partial charge in [-0.1, -0.05) is 0 Å². The molecule has 0 aromatic heterocycles.